The molecule has 0 aliphatic heterocycles. The molecule has 0 amide bonds. The summed E-state index contributed by atoms with van der Waals surface area (Å²) >= 11 is 1.15. The van der Waals surface area contributed by atoms with E-state index in [2.05, 4.69) is 9.97 Å². The molecule has 24 heavy (non-hydrogen) atoms. The number of hydrogen-bond acceptors (Lipinski definition) is 4. The van der Waals surface area contributed by atoms with E-state index in [0.717, 1.165) is 34.3 Å². The lowest BCUT2D eigenvalue weighted by Gasteiger charge is -2.12. The van der Waals surface area contributed by atoms with E-state index in [-0.39, 0.29) is 0 Å². The topological polar surface area (TPSA) is 63.1 Å². The summed E-state index contributed by atoms with van der Waals surface area (Å²) in [4.78, 5) is 20.6. The molecule has 2 aromatic carbocycles. The Labute approximate surface area is 144 Å². The molecule has 0 spiro atoms. The molecule has 4 nitrogen and oxygen atoms in total. The Morgan fingerprint density at radius 3 is 2.25 bits per heavy atom. The van der Waals surface area contributed by atoms with Gasteiger partial charge in [-0.1, -0.05) is 72.4 Å². The van der Waals surface area contributed by atoms with E-state index in [4.69, 9.17) is 0 Å². The zero-order chi connectivity index (χ0) is 16.9. The van der Waals surface area contributed by atoms with E-state index in [1.165, 1.54) is 0 Å². The fourth-order valence-electron chi connectivity index (χ4n) is 2.35. The number of aliphatic carboxylic acids is 1. The molecule has 1 N–H and O–H groups in total. The molecule has 3 aromatic rings. The third kappa shape index (κ3) is 3.81. The summed E-state index contributed by atoms with van der Waals surface area (Å²) in [6, 6.07) is 20.8. The Balaban J connectivity index is 1.94. The summed E-state index contributed by atoms with van der Waals surface area (Å²) < 4.78 is 0. The molecule has 1 atom stereocenters. The fourth-order valence-corrected chi connectivity index (χ4v) is 3.30. The normalized spacial score (nSPS) is 11.9. The molecular weight excluding hydrogens is 320 g/mol. The summed E-state index contributed by atoms with van der Waals surface area (Å²) in [6.45, 7) is 1.89. The highest BCUT2D eigenvalue weighted by molar-refractivity contribution is 8.00. The minimum absolute atomic E-state index is 0.463. The van der Waals surface area contributed by atoms with Gasteiger partial charge in [-0.3, -0.25) is 4.79 Å². The minimum Gasteiger partial charge on any atom is -0.480 e. The maximum Gasteiger partial charge on any atom is 0.321 e. The molecule has 1 heterocycles. The third-order valence-corrected chi connectivity index (χ3v) is 4.56. The van der Waals surface area contributed by atoms with Crippen LogP contribution in [-0.2, 0) is 4.79 Å². The molecule has 5 heteroatoms. The predicted molar refractivity (Wildman–Crippen MR) is 94.9 cm³/mol. The Bertz CT molecular complexity index is 839. The highest BCUT2D eigenvalue weighted by Gasteiger charge is 2.23. The van der Waals surface area contributed by atoms with Crippen molar-refractivity contribution in [1.82, 2.24) is 9.97 Å². The van der Waals surface area contributed by atoms with Crippen LogP contribution in [0.15, 0.2) is 71.9 Å². The molecule has 0 bridgehead atoms. The van der Waals surface area contributed by atoms with Gasteiger partial charge >= 0.3 is 5.97 Å². The van der Waals surface area contributed by atoms with Gasteiger partial charge in [0.1, 0.15) is 5.25 Å². The number of carboxylic acids is 1. The zero-order valence-corrected chi connectivity index (χ0v) is 13.9. The van der Waals surface area contributed by atoms with Gasteiger partial charge in [0.05, 0.1) is 5.69 Å². The first kappa shape index (κ1) is 16.2. The van der Waals surface area contributed by atoms with E-state index >= 15 is 0 Å². The summed E-state index contributed by atoms with van der Waals surface area (Å²) in [5, 5.41) is 9.29. The van der Waals surface area contributed by atoms with Crippen molar-refractivity contribution < 1.29 is 9.90 Å². The average Bonchev–Trinajstić information content (AvgIpc) is 2.60. The zero-order valence-electron chi connectivity index (χ0n) is 13.1. The first-order valence-electron chi connectivity index (χ1n) is 7.49. The number of aryl methyl sites for hydroxylation is 1. The van der Waals surface area contributed by atoms with Crippen LogP contribution < -0.4 is 0 Å². The largest absolute Gasteiger partial charge is 0.480 e. The molecule has 0 saturated heterocycles. The minimum atomic E-state index is -0.905. The van der Waals surface area contributed by atoms with Gasteiger partial charge in [0.25, 0.3) is 0 Å². The van der Waals surface area contributed by atoms with Crippen molar-refractivity contribution in [2.75, 3.05) is 0 Å². The standard InChI is InChI=1S/C19H16N2O2S/c1-13-12-16(14-8-4-2-5-9-14)21-19(20-13)24-17(18(22)23)15-10-6-3-7-11-15/h2-12,17H,1H3,(H,22,23)/t17-/m0/s1. The number of nitrogens with zero attached hydrogens (tertiary/aromatic N) is 2. The maximum atomic E-state index is 11.7. The lowest BCUT2D eigenvalue weighted by molar-refractivity contribution is -0.136. The molecule has 0 fully saturated rings. The Kier molecular flexibility index (Phi) is 4.91. The maximum absolute atomic E-state index is 11.7. The smallest absolute Gasteiger partial charge is 0.321 e. The van der Waals surface area contributed by atoms with Gasteiger partial charge in [-0.05, 0) is 18.6 Å². The van der Waals surface area contributed by atoms with E-state index in [9.17, 15) is 9.90 Å². The first-order valence-corrected chi connectivity index (χ1v) is 8.37. The van der Waals surface area contributed by atoms with Crippen LogP contribution in [0.2, 0.25) is 0 Å². The van der Waals surface area contributed by atoms with E-state index in [1.807, 2.05) is 61.5 Å². The summed E-state index contributed by atoms with van der Waals surface area (Å²) in [6.07, 6.45) is 0. The van der Waals surface area contributed by atoms with Gasteiger partial charge in [-0.15, -0.1) is 0 Å². The van der Waals surface area contributed by atoms with Crippen LogP contribution >= 0.6 is 11.8 Å². The fraction of sp³-hybridized carbons (Fsp3) is 0.105. The van der Waals surface area contributed by atoms with Gasteiger partial charge in [0.2, 0.25) is 0 Å². The third-order valence-electron chi connectivity index (χ3n) is 3.45. The summed E-state index contributed by atoms with van der Waals surface area (Å²) in [7, 11) is 0. The van der Waals surface area contributed by atoms with Crippen molar-refractivity contribution in [1.29, 1.82) is 0 Å². The highest BCUT2D eigenvalue weighted by Crippen LogP contribution is 2.34. The highest BCUT2D eigenvalue weighted by atomic mass is 32.2. The summed E-state index contributed by atoms with van der Waals surface area (Å²) in [5.74, 6) is -0.905. The molecule has 0 unspecified atom stereocenters. The summed E-state index contributed by atoms with van der Waals surface area (Å²) in [5.41, 5.74) is 3.31. The number of thioether (sulfide) groups is 1. The number of aromatic nitrogens is 2. The number of carboxylic acid groups (broad SMARTS) is 1. The SMILES string of the molecule is Cc1cc(-c2ccccc2)nc(S[C@H](C(=O)O)c2ccccc2)n1. The van der Waals surface area contributed by atoms with Crippen molar-refractivity contribution in [3.8, 4) is 11.3 Å². The number of carbonyl (C=O) groups is 1. The van der Waals surface area contributed by atoms with Crippen LogP contribution in [0.4, 0.5) is 0 Å². The second kappa shape index (κ2) is 7.27. The van der Waals surface area contributed by atoms with Crippen molar-refractivity contribution >= 4 is 17.7 Å². The van der Waals surface area contributed by atoms with Gasteiger partial charge < -0.3 is 5.11 Å². The molecule has 1 aromatic heterocycles. The van der Waals surface area contributed by atoms with Gasteiger partial charge in [0.15, 0.2) is 5.16 Å². The van der Waals surface area contributed by atoms with E-state index in [1.54, 1.807) is 12.1 Å². The van der Waals surface area contributed by atoms with Gasteiger partial charge in [-0.25, -0.2) is 9.97 Å². The van der Waals surface area contributed by atoms with Crippen LogP contribution in [0.1, 0.15) is 16.5 Å². The van der Waals surface area contributed by atoms with Crippen molar-refractivity contribution in [3.63, 3.8) is 0 Å². The molecular formula is C19H16N2O2S. The number of rotatable bonds is 5. The number of benzene rings is 2. The molecule has 0 radical (unpaired) electrons. The molecule has 0 saturated carbocycles. The monoisotopic (exact) mass is 336 g/mol. The first-order chi connectivity index (χ1) is 11.6. The van der Waals surface area contributed by atoms with E-state index in [0.29, 0.717) is 5.16 Å². The molecule has 120 valence electrons. The second-order valence-corrected chi connectivity index (χ2v) is 6.36. The second-order valence-electron chi connectivity index (χ2n) is 5.29. The van der Waals surface area contributed by atoms with Crippen molar-refractivity contribution in [2.24, 2.45) is 0 Å². The quantitative estimate of drug-likeness (QED) is 0.554. The van der Waals surface area contributed by atoms with Crippen molar-refractivity contribution in [2.45, 2.75) is 17.3 Å². The Morgan fingerprint density at radius 1 is 1.00 bits per heavy atom. The molecule has 0 aliphatic carbocycles. The van der Waals surface area contributed by atoms with Crippen molar-refractivity contribution in [3.05, 3.63) is 78.0 Å². The molecule has 3 rings (SSSR count). The van der Waals surface area contributed by atoms with Gasteiger partial charge in [-0.2, -0.15) is 0 Å². The molecule has 0 aliphatic rings. The van der Waals surface area contributed by atoms with Crippen LogP contribution in [0.25, 0.3) is 11.3 Å². The van der Waals surface area contributed by atoms with Crippen LogP contribution in [0, 0.1) is 6.92 Å². The lowest BCUT2D eigenvalue weighted by atomic mass is 10.1. The van der Waals surface area contributed by atoms with Crippen LogP contribution in [0.3, 0.4) is 0 Å². The number of hydrogen-bond donors (Lipinski definition) is 1. The average molecular weight is 336 g/mol. The van der Waals surface area contributed by atoms with E-state index < -0.39 is 11.2 Å². The predicted octanol–water partition coefficient (Wildman–Crippen LogP) is 4.37. The Hall–Kier alpha value is -2.66. The van der Waals surface area contributed by atoms with Gasteiger partial charge in [0, 0.05) is 11.3 Å². The van der Waals surface area contributed by atoms with Crippen LogP contribution in [-0.4, -0.2) is 21.0 Å². The lowest BCUT2D eigenvalue weighted by Crippen LogP contribution is -2.09. The Morgan fingerprint density at radius 2 is 1.62 bits per heavy atom. The van der Waals surface area contributed by atoms with Crippen LogP contribution in [0.5, 0.6) is 0 Å².